The summed E-state index contributed by atoms with van der Waals surface area (Å²) in [6.45, 7) is 4.30. The number of carbonyl (C=O) groups excluding carboxylic acids is 1. The summed E-state index contributed by atoms with van der Waals surface area (Å²) in [6, 6.07) is 6.48. The number of nitrogens with zero attached hydrogens (tertiary/aromatic N) is 1. The van der Waals surface area contributed by atoms with Crippen LogP contribution in [0.1, 0.15) is 13.8 Å². The van der Waals surface area contributed by atoms with Gasteiger partial charge in [0.25, 0.3) is 0 Å². The van der Waals surface area contributed by atoms with Crippen LogP contribution in [-0.2, 0) is 4.79 Å². The van der Waals surface area contributed by atoms with Gasteiger partial charge >= 0.3 is 0 Å². The Bertz CT molecular complexity index is 366. The minimum atomic E-state index is -0.234. The van der Waals surface area contributed by atoms with Crippen molar-refractivity contribution < 1.29 is 9.90 Å². The van der Waals surface area contributed by atoms with Gasteiger partial charge in [-0.1, -0.05) is 6.07 Å². The lowest BCUT2D eigenvalue weighted by Gasteiger charge is -2.24. The number of phenols is 1. The van der Waals surface area contributed by atoms with Gasteiger partial charge in [0.1, 0.15) is 5.75 Å². The van der Waals surface area contributed by atoms with Crippen molar-refractivity contribution in [2.45, 2.75) is 19.9 Å². The SMILES string of the molecule is CCN(C(=O)C(C)NC)c1cccc(O)c1. The quantitative estimate of drug-likeness (QED) is 0.808. The molecule has 0 spiro atoms. The number of rotatable bonds is 4. The zero-order valence-electron chi connectivity index (χ0n) is 9.90. The molecule has 4 heteroatoms. The fourth-order valence-electron chi connectivity index (χ4n) is 1.48. The number of likely N-dealkylation sites (N-methyl/N-ethyl adjacent to an activating group) is 2. The van der Waals surface area contributed by atoms with Crippen LogP contribution in [0.2, 0.25) is 0 Å². The Morgan fingerprint density at radius 1 is 1.56 bits per heavy atom. The number of aromatic hydroxyl groups is 1. The molecule has 1 rings (SSSR count). The van der Waals surface area contributed by atoms with Crippen molar-refractivity contribution in [1.29, 1.82) is 0 Å². The third-order valence-corrected chi connectivity index (χ3v) is 2.53. The fraction of sp³-hybridized carbons (Fsp3) is 0.417. The molecule has 2 N–H and O–H groups in total. The van der Waals surface area contributed by atoms with E-state index in [1.807, 2.05) is 19.9 Å². The van der Waals surface area contributed by atoms with Crippen molar-refractivity contribution in [3.8, 4) is 5.75 Å². The third-order valence-electron chi connectivity index (χ3n) is 2.53. The lowest BCUT2D eigenvalue weighted by Crippen LogP contribution is -2.43. The minimum absolute atomic E-state index is 0.00407. The third kappa shape index (κ3) is 2.73. The minimum Gasteiger partial charge on any atom is -0.508 e. The molecule has 0 heterocycles. The summed E-state index contributed by atoms with van der Waals surface area (Å²) in [5.41, 5.74) is 0.717. The molecule has 0 saturated carbocycles. The summed E-state index contributed by atoms with van der Waals surface area (Å²) in [4.78, 5) is 13.6. The van der Waals surface area contributed by atoms with Crippen LogP contribution in [-0.4, -0.2) is 30.6 Å². The zero-order chi connectivity index (χ0) is 12.1. The van der Waals surface area contributed by atoms with Crippen LogP contribution < -0.4 is 10.2 Å². The molecule has 0 fully saturated rings. The molecule has 88 valence electrons. The molecule has 1 aromatic carbocycles. The largest absolute Gasteiger partial charge is 0.508 e. The second-order valence-electron chi connectivity index (χ2n) is 3.61. The first kappa shape index (κ1) is 12.5. The van der Waals surface area contributed by atoms with Crippen molar-refractivity contribution in [3.05, 3.63) is 24.3 Å². The maximum absolute atomic E-state index is 12.0. The van der Waals surface area contributed by atoms with Gasteiger partial charge in [-0.15, -0.1) is 0 Å². The Morgan fingerprint density at radius 2 is 2.25 bits per heavy atom. The van der Waals surface area contributed by atoms with Crippen LogP contribution in [0, 0.1) is 0 Å². The van der Waals surface area contributed by atoms with Gasteiger partial charge < -0.3 is 15.3 Å². The van der Waals surface area contributed by atoms with Crippen molar-refractivity contribution in [2.24, 2.45) is 0 Å². The monoisotopic (exact) mass is 222 g/mol. The van der Waals surface area contributed by atoms with E-state index in [-0.39, 0.29) is 17.7 Å². The van der Waals surface area contributed by atoms with E-state index < -0.39 is 0 Å². The maximum atomic E-state index is 12.0. The molecule has 0 saturated heterocycles. The number of anilines is 1. The summed E-state index contributed by atoms with van der Waals surface area (Å²) >= 11 is 0. The highest BCUT2D eigenvalue weighted by atomic mass is 16.3. The first-order chi connectivity index (χ1) is 7.60. The molecule has 0 aromatic heterocycles. The van der Waals surface area contributed by atoms with E-state index in [0.29, 0.717) is 6.54 Å². The van der Waals surface area contributed by atoms with E-state index in [0.717, 1.165) is 5.69 Å². The highest BCUT2D eigenvalue weighted by molar-refractivity contribution is 5.97. The average molecular weight is 222 g/mol. The summed E-state index contributed by atoms with van der Waals surface area (Å²) in [5.74, 6) is 0.163. The van der Waals surface area contributed by atoms with Crippen LogP contribution >= 0.6 is 0 Å². The van der Waals surface area contributed by atoms with E-state index in [4.69, 9.17) is 0 Å². The van der Waals surface area contributed by atoms with Crippen LogP contribution in [0.4, 0.5) is 5.69 Å². The van der Waals surface area contributed by atoms with Gasteiger partial charge in [-0.05, 0) is 33.0 Å². The van der Waals surface area contributed by atoms with Crippen LogP contribution in [0.3, 0.4) is 0 Å². The van der Waals surface area contributed by atoms with Gasteiger partial charge in [0.2, 0.25) is 5.91 Å². The van der Waals surface area contributed by atoms with Crippen molar-refractivity contribution in [2.75, 3.05) is 18.5 Å². The molecule has 0 aliphatic carbocycles. The summed E-state index contributed by atoms with van der Waals surface area (Å²) < 4.78 is 0. The van der Waals surface area contributed by atoms with Crippen molar-refractivity contribution in [3.63, 3.8) is 0 Å². The first-order valence-corrected chi connectivity index (χ1v) is 5.37. The summed E-state index contributed by atoms with van der Waals surface area (Å²) in [5, 5.41) is 12.3. The zero-order valence-corrected chi connectivity index (χ0v) is 9.90. The molecule has 1 atom stereocenters. The van der Waals surface area contributed by atoms with Gasteiger partial charge in [-0.25, -0.2) is 0 Å². The fourth-order valence-corrected chi connectivity index (χ4v) is 1.48. The summed E-state index contributed by atoms with van der Waals surface area (Å²) in [6.07, 6.45) is 0. The Morgan fingerprint density at radius 3 is 2.75 bits per heavy atom. The first-order valence-electron chi connectivity index (χ1n) is 5.37. The van der Waals surface area contributed by atoms with E-state index in [2.05, 4.69) is 5.32 Å². The second kappa shape index (κ2) is 5.51. The Hall–Kier alpha value is -1.55. The topological polar surface area (TPSA) is 52.6 Å². The van der Waals surface area contributed by atoms with Gasteiger partial charge in [0.05, 0.1) is 6.04 Å². The average Bonchev–Trinajstić information content (AvgIpc) is 2.29. The Labute approximate surface area is 95.9 Å². The van der Waals surface area contributed by atoms with Gasteiger partial charge in [-0.3, -0.25) is 4.79 Å². The number of carbonyl (C=O) groups is 1. The Balaban J connectivity index is 2.94. The van der Waals surface area contributed by atoms with Crippen LogP contribution in [0.15, 0.2) is 24.3 Å². The molecule has 1 aromatic rings. The van der Waals surface area contributed by atoms with Gasteiger partial charge in [0.15, 0.2) is 0 Å². The molecule has 0 aliphatic heterocycles. The van der Waals surface area contributed by atoms with Gasteiger partial charge in [0, 0.05) is 18.3 Å². The lowest BCUT2D eigenvalue weighted by molar-refractivity contribution is -0.120. The number of nitrogens with one attached hydrogen (secondary N) is 1. The molecular weight excluding hydrogens is 204 g/mol. The van der Waals surface area contributed by atoms with Crippen LogP contribution in [0.25, 0.3) is 0 Å². The van der Waals surface area contributed by atoms with E-state index in [9.17, 15) is 9.90 Å². The maximum Gasteiger partial charge on any atom is 0.243 e. The molecule has 1 unspecified atom stereocenters. The predicted molar refractivity (Wildman–Crippen MR) is 64.7 cm³/mol. The molecule has 4 nitrogen and oxygen atoms in total. The van der Waals surface area contributed by atoms with E-state index in [1.54, 1.807) is 30.1 Å². The van der Waals surface area contributed by atoms with Crippen molar-refractivity contribution in [1.82, 2.24) is 5.32 Å². The number of phenolic OH excluding ortho intramolecular Hbond substituents is 1. The smallest absolute Gasteiger partial charge is 0.243 e. The summed E-state index contributed by atoms with van der Waals surface area (Å²) in [7, 11) is 1.75. The molecular formula is C12H18N2O2. The number of hydrogen-bond acceptors (Lipinski definition) is 3. The lowest BCUT2D eigenvalue weighted by atomic mass is 10.2. The van der Waals surface area contributed by atoms with Gasteiger partial charge in [-0.2, -0.15) is 0 Å². The number of amides is 1. The van der Waals surface area contributed by atoms with Crippen LogP contribution in [0.5, 0.6) is 5.75 Å². The molecule has 16 heavy (non-hydrogen) atoms. The number of benzene rings is 1. The molecule has 1 amide bonds. The molecule has 0 bridgehead atoms. The molecule has 0 aliphatic rings. The Kier molecular flexibility index (Phi) is 4.31. The van der Waals surface area contributed by atoms with Crippen molar-refractivity contribution >= 4 is 11.6 Å². The predicted octanol–water partition coefficient (Wildman–Crippen LogP) is 1.35. The highest BCUT2D eigenvalue weighted by Gasteiger charge is 2.19. The molecule has 0 radical (unpaired) electrons. The second-order valence-corrected chi connectivity index (χ2v) is 3.61. The normalized spacial score (nSPS) is 12.2. The van der Waals surface area contributed by atoms with E-state index in [1.165, 1.54) is 0 Å². The number of hydrogen-bond donors (Lipinski definition) is 2. The highest BCUT2D eigenvalue weighted by Crippen LogP contribution is 2.20. The standard InChI is InChI=1S/C12H18N2O2/c1-4-14(12(16)9(2)13-3)10-6-5-7-11(15)8-10/h5-9,13,15H,4H2,1-3H3. The van der Waals surface area contributed by atoms with E-state index >= 15 is 0 Å².